The summed E-state index contributed by atoms with van der Waals surface area (Å²) in [5, 5.41) is 13.2. The van der Waals surface area contributed by atoms with Crippen LogP contribution in [-0.2, 0) is 17.8 Å². The Morgan fingerprint density at radius 3 is 2.64 bits per heavy atom. The lowest BCUT2D eigenvalue weighted by molar-refractivity contribution is -0.130. The number of rotatable bonds is 6. The van der Waals surface area contributed by atoms with Gasteiger partial charge in [0.1, 0.15) is 0 Å². The van der Waals surface area contributed by atoms with Gasteiger partial charge in [-0.2, -0.15) is 5.10 Å². The molecule has 0 saturated carbocycles. The van der Waals surface area contributed by atoms with Crippen molar-refractivity contribution in [3.8, 4) is 0 Å². The molecule has 6 heteroatoms. The Labute approximate surface area is 147 Å². The molecule has 0 aliphatic carbocycles. The number of carbonyl (C=O) groups is 2. The molecule has 0 spiro atoms. The summed E-state index contributed by atoms with van der Waals surface area (Å²) in [5.74, 6) is -0.290. The summed E-state index contributed by atoms with van der Waals surface area (Å²) >= 11 is 0. The lowest BCUT2D eigenvalue weighted by Gasteiger charge is -2.17. The maximum absolute atomic E-state index is 12.4. The summed E-state index contributed by atoms with van der Waals surface area (Å²) in [5.41, 5.74) is 2.49. The van der Waals surface area contributed by atoms with Crippen LogP contribution in [0.5, 0.6) is 0 Å². The van der Waals surface area contributed by atoms with Gasteiger partial charge in [0.15, 0.2) is 0 Å². The number of amides is 1. The Bertz CT molecular complexity index is 752. The van der Waals surface area contributed by atoms with Gasteiger partial charge in [0.05, 0.1) is 5.56 Å². The van der Waals surface area contributed by atoms with Gasteiger partial charge in [-0.1, -0.05) is 12.1 Å². The normalized spacial score (nSPS) is 17.0. The lowest BCUT2D eigenvalue weighted by Crippen LogP contribution is -2.29. The van der Waals surface area contributed by atoms with Gasteiger partial charge in [0, 0.05) is 37.9 Å². The maximum atomic E-state index is 12.4. The topological polar surface area (TPSA) is 75.4 Å². The van der Waals surface area contributed by atoms with E-state index in [1.807, 2.05) is 34.7 Å². The van der Waals surface area contributed by atoms with Crippen molar-refractivity contribution in [1.82, 2.24) is 14.7 Å². The Balaban J connectivity index is 1.48. The summed E-state index contributed by atoms with van der Waals surface area (Å²) < 4.78 is 1.86. The van der Waals surface area contributed by atoms with Crippen LogP contribution in [0, 0.1) is 12.8 Å². The van der Waals surface area contributed by atoms with E-state index in [0.29, 0.717) is 24.4 Å². The molecule has 132 valence electrons. The first-order chi connectivity index (χ1) is 12.0. The summed E-state index contributed by atoms with van der Waals surface area (Å²) in [6, 6.07) is 8.96. The molecule has 1 aromatic heterocycles. The molecule has 2 heterocycles. The molecule has 1 N–H and O–H groups in total. The van der Waals surface area contributed by atoms with Crippen LogP contribution in [0.4, 0.5) is 0 Å². The SMILES string of the molecule is Cc1ccnn1CCC(=O)N1CCC(Cc2ccc(C(=O)O)cc2)C1. The zero-order chi connectivity index (χ0) is 17.8. The van der Waals surface area contributed by atoms with Gasteiger partial charge in [-0.3, -0.25) is 9.48 Å². The molecule has 1 aliphatic rings. The number of benzene rings is 1. The lowest BCUT2D eigenvalue weighted by atomic mass is 9.98. The first kappa shape index (κ1) is 17.2. The molecular formula is C19H23N3O3. The molecular weight excluding hydrogens is 318 g/mol. The van der Waals surface area contributed by atoms with Crippen LogP contribution in [0.15, 0.2) is 36.5 Å². The molecule has 1 amide bonds. The third kappa shape index (κ3) is 4.26. The van der Waals surface area contributed by atoms with Crippen LogP contribution in [0.1, 0.15) is 34.5 Å². The van der Waals surface area contributed by atoms with Crippen LogP contribution in [-0.4, -0.2) is 44.8 Å². The molecule has 0 bridgehead atoms. The average molecular weight is 341 g/mol. The van der Waals surface area contributed by atoms with Gasteiger partial charge in [-0.15, -0.1) is 0 Å². The van der Waals surface area contributed by atoms with Crippen molar-refractivity contribution in [3.63, 3.8) is 0 Å². The van der Waals surface area contributed by atoms with Crippen LogP contribution < -0.4 is 0 Å². The monoisotopic (exact) mass is 341 g/mol. The number of likely N-dealkylation sites (tertiary alicyclic amines) is 1. The van der Waals surface area contributed by atoms with E-state index in [1.165, 1.54) is 0 Å². The number of aromatic nitrogens is 2. The number of hydrogen-bond acceptors (Lipinski definition) is 3. The highest BCUT2D eigenvalue weighted by atomic mass is 16.4. The molecule has 1 saturated heterocycles. The molecule has 1 aromatic carbocycles. The number of carboxylic acid groups (broad SMARTS) is 1. The van der Waals surface area contributed by atoms with Crippen LogP contribution in [0.25, 0.3) is 0 Å². The van der Waals surface area contributed by atoms with Crippen LogP contribution in [0.3, 0.4) is 0 Å². The van der Waals surface area contributed by atoms with Gasteiger partial charge in [-0.25, -0.2) is 4.79 Å². The fourth-order valence-corrected chi connectivity index (χ4v) is 3.34. The highest BCUT2D eigenvalue weighted by Gasteiger charge is 2.26. The first-order valence-electron chi connectivity index (χ1n) is 8.61. The quantitative estimate of drug-likeness (QED) is 0.875. The van der Waals surface area contributed by atoms with E-state index in [1.54, 1.807) is 18.3 Å². The van der Waals surface area contributed by atoms with Gasteiger partial charge in [0.2, 0.25) is 5.91 Å². The maximum Gasteiger partial charge on any atom is 0.335 e. The van der Waals surface area contributed by atoms with Crippen molar-refractivity contribution < 1.29 is 14.7 Å². The van der Waals surface area contributed by atoms with E-state index in [0.717, 1.165) is 37.2 Å². The van der Waals surface area contributed by atoms with Gasteiger partial charge < -0.3 is 10.0 Å². The fourth-order valence-electron chi connectivity index (χ4n) is 3.34. The van der Waals surface area contributed by atoms with E-state index < -0.39 is 5.97 Å². The van der Waals surface area contributed by atoms with Crippen molar-refractivity contribution >= 4 is 11.9 Å². The largest absolute Gasteiger partial charge is 0.478 e. The zero-order valence-corrected chi connectivity index (χ0v) is 14.4. The molecule has 1 unspecified atom stereocenters. The number of carboxylic acids is 1. The highest BCUT2D eigenvalue weighted by Crippen LogP contribution is 2.22. The van der Waals surface area contributed by atoms with Gasteiger partial charge in [0.25, 0.3) is 0 Å². The predicted octanol–water partition coefficient (Wildman–Crippen LogP) is 2.37. The molecule has 2 aromatic rings. The van der Waals surface area contributed by atoms with Gasteiger partial charge >= 0.3 is 5.97 Å². The third-order valence-corrected chi connectivity index (χ3v) is 4.83. The number of hydrogen-bond donors (Lipinski definition) is 1. The molecule has 1 fully saturated rings. The standard InChI is InChI=1S/C19H23N3O3/c1-14-6-9-20-22(14)11-8-18(23)21-10-7-16(13-21)12-15-2-4-17(5-3-15)19(24)25/h2-6,9,16H,7-8,10-13H2,1H3,(H,24,25). The second kappa shape index (κ2) is 7.51. The fraction of sp³-hybridized carbons (Fsp3) is 0.421. The number of nitrogens with zero attached hydrogens (tertiary/aromatic N) is 3. The summed E-state index contributed by atoms with van der Waals surface area (Å²) in [7, 11) is 0. The number of carbonyl (C=O) groups excluding carboxylic acids is 1. The Morgan fingerprint density at radius 2 is 2.00 bits per heavy atom. The van der Waals surface area contributed by atoms with Crippen molar-refractivity contribution in [2.75, 3.05) is 13.1 Å². The van der Waals surface area contributed by atoms with E-state index in [4.69, 9.17) is 5.11 Å². The minimum absolute atomic E-state index is 0.179. The summed E-state index contributed by atoms with van der Waals surface area (Å²) in [4.78, 5) is 25.2. The van der Waals surface area contributed by atoms with Crippen LogP contribution in [0.2, 0.25) is 0 Å². The van der Waals surface area contributed by atoms with E-state index >= 15 is 0 Å². The highest BCUT2D eigenvalue weighted by molar-refractivity contribution is 5.87. The molecule has 1 aliphatic heterocycles. The zero-order valence-electron chi connectivity index (χ0n) is 14.4. The average Bonchev–Trinajstić information content (AvgIpc) is 3.22. The second-order valence-electron chi connectivity index (χ2n) is 6.65. The van der Waals surface area contributed by atoms with E-state index in [-0.39, 0.29) is 5.91 Å². The minimum Gasteiger partial charge on any atom is -0.478 e. The number of aromatic carboxylic acids is 1. The number of aryl methyl sites for hydroxylation is 2. The van der Waals surface area contributed by atoms with E-state index in [2.05, 4.69) is 5.10 Å². The molecule has 0 radical (unpaired) electrons. The predicted molar refractivity (Wildman–Crippen MR) is 93.4 cm³/mol. The van der Waals surface area contributed by atoms with E-state index in [9.17, 15) is 9.59 Å². The Morgan fingerprint density at radius 1 is 1.24 bits per heavy atom. The van der Waals surface area contributed by atoms with Crippen molar-refractivity contribution in [1.29, 1.82) is 0 Å². The molecule has 25 heavy (non-hydrogen) atoms. The molecule has 6 nitrogen and oxygen atoms in total. The van der Waals surface area contributed by atoms with Crippen molar-refractivity contribution in [3.05, 3.63) is 53.3 Å². The smallest absolute Gasteiger partial charge is 0.335 e. The van der Waals surface area contributed by atoms with Crippen molar-refractivity contribution in [2.45, 2.75) is 32.7 Å². The minimum atomic E-state index is -0.906. The first-order valence-corrected chi connectivity index (χ1v) is 8.61. The van der Waals surface area contributed by atoms with Crippen molar-refractivity contribution in [2.24, 2.45) is 5.92 Å². The molecule has 1 atom stereocenters. The summed E-state index contributed by atoms with van der Waals surface area (Å²) in [6.07, 6.45) is 4.10. The summed E-state index contributed by atoms with van der Waals surface area (Å²) in [6.45, 7) is 4.18. The third-order valence-electron chi connectivity index (χ3n) is 4.83. The van der Waals surface area contributed by atoms with Gasteiger partial charge in [-0.05, 0) is 49.4 Å². The molecule has 3 rings (SSSR count). The Kier molecular flexibility index (Phi) is 5.16. The second-order valence-corrected chi connectivity index (χ2v) is 6.65. The van der Waals surface area contributed by atoms with Crippen LogP contribution >= 0.6 is 0 Å². The Hall–Kier alpha value is -2.63.